The molecule has 0 fully saturated rings. The van der Waals surface area contributed by atoms with Crippen molar-refractivity contribution in [2.75, 3.05) is 17.6 Å². The number of carbonyl (C=O) groups is 2. The molecule has 18 heavy (non-hydrogen) atoms. The largest absolute Gasteiger partial charge is 0.369 e. The third kappa shape index (κ3) is 4.38. The highest BCUT2D eigenvalue weighted by atomic mass is 32.2. The number of rotatable bonds is 6. The van der Waals surface area contributed by atoms with Crippen molar-refractivity contribution in [1.29, 1.82) is 0 Å². The van der Waals surface area contributed by atoms with Crippen molar-refractivity contribution in [2.45, 2.75) is 11.8 Å². The number of nitrogens with one attached hydrogen (secondary N) is 1. The van der Waals surface area contributed by atoms with Crippen LogP contribution in [0.3, 0.4) is 0 Å². The molecule has 98 valence electrons. The molecular weight excluding hydrogens is 250 g/mol. The van der Waals surface area contributed by atoms with Gasteiger partial charge in [0.15, 0.2) is 0 Å². The Labute approximate surface area is 110 Å². The maximum Gasteiger partial charge on any atom is 0.228 e. The van der Waals surface area contributed by atoms with Crippen LogP contribution in [0.25, 0.3) is 0 Å². The first-order valence-electron chi connectivity index (χ1n) is 5.55. The van der Waals surface area contributed by atoms with E-state index in [1.54, 1.807) is 13.0 Å². The average Bonchev–Trinajstić information content (AvgIpc) is 2.36. The SMILES string of the molecule is CC(CN)C(=O)Nc1ccccc1SCC(N)=O. The van der Waals surface area contributed by atoms with Crippen molar-refractivity contribution in [3.8, 4) is 0 Å². The first-order chi connectivity index (χ1) is 8.54. The Hall–Kier alpha value is -1.53. The third-order valence-corrected chi connectivity index (χ3v) is 3.41. The van der Waals surface area contributed by atoms with Gasteiger partial charge in [-0.1, -0.05) is 19.1 Å². The van der Waals surface area contributed by atoms with Crippen LogP contribution in [0.4, 0.5) is 5.69 Å². The summed E-state index contributed by atoms with van der Waals surface area (Å²) in [6, 6.07) is 7.27. The smallest absolute Gasteiger partial charge is 0.228 e. The van der Waals surface area contributed by atoms with Crippen LogP contribution in [-0.4, -0.2) is 24.1 Å². The standard InChI is InChI=1S/C12H17N3O2S/c1-8(6-13)12(17)15-9-4-2-3-5-10(9)18-7-11(14)16/h2-5,8H,6-7,13H2,1H3,(H2,14,16)(H,15,17). The molecule has 0 aliphatic carbocycles. The highest BCUT2D eigenvalue weighted by Gasteiger charge is 2.13. The lowest BCUT2D eigenvalue weighted by molar-refractivity contribution is -0.119. The van der Waals surface area contributed by atoms with Crippen LogP contribution in [-0.2, 0) is 9.59 Å². The van der Waals surface area contributed by atoms with Crippen molar-refractivity contribution in [3.63, 3.8) is 0 Å². The highest BCUT2D eigenvalue weighted by Crippen LogP contribution is 2.26. The Bertz CT molecular complexity index is 437. The molecule has 0 saturated heterocycles. The van der Waals surface area contributed by atoms with Gasteiger partial charge in [-0.25, -0.2) is 0 Å². The number of carbonyl (C=O) groups excluding carboxylic acids is 2. The Morgan fingerprint density at radius 2 is 2.06 bits per heavy atom. The van der Waals surface area contributed by atoms with Crippen molar-refractivity contribution >= 4 is 29.3 Å². The second-order valence-electron chi connectivity index (χ2n) is 3.88. The molecule has 1 unspecified atom stereocenters. The van der Waals surface area contributed by atoms with Gasteiger partial charge in [-0.2, -0.15) is 0 Å². The van der Waals surface area contributed by atoms with Gasteiger partial charge in [-0.15, -0.1) is 11.8 Å². The molecule has 5 nitrogen and oxygen atoms in total. The second-order valence-corrected chi connectivity index (χ2v) is 4.89. The van der Waals surface area contributed by atoms with E-state index in [0.717, 1.165) is 4.90 Å². The molecule has 1 rings (SSSR count). The van der Waals surface area contributed by atoms with Gasteiger partial charge in [0, 0.05) is 17.4 Å². The van der Waals surface area contributed by atoms with E-state index in [0.29, 0.717) is 12.2 Å². The number of hydrogen-bond acceptors (Lipinski definition) is 4. The third-order valence-electron chi connectivity index (χ3n) is 2.32. The number of nitrogens with two attached hydrogens (primary N) is 2. The Morgan fingerprint density at radius 1 is 1.39 bits per heavy atom. The summed E-state index contributed by atoms with van der Waals surface area (Å²) in [7, 11) is 0. The fourth-order valence-electron chi connectivity index (χ4n) is 1.21. The summed E-state index contributed by atoms with van der Waals surface area (Å²) in [6.07, 6.45) is 0. The summed E-state index contributed by atoms with van der Waals surface area (Å²) in [5.74, 6) is -0.598. The van der Waals surface area contributed by atoms with Gasteiger partial charge in [0.05, 0.1) is 11.4 Å². The van der Waals surface area contributed by atoms with Gasteiger partial charge in [0.2, 0.25) is 11.8 Å². The van der Waals surface area contributed by atoms with E-state index in [9.17, 15) is 9.59 Å². The van der Waals surface area contributed by atoms with Crippen molar-refractivity contribution < 1.29 is 9.59 Å². The van der Waals surface area contributed by atoms with Crippen LogP contribution in [0, 0.1) is 5.92 Å². The van der Waals surface area contributed by atoms with E-state index >= 15 is 0 Å². The molecule has 1 aromatic rings. The highest BCUT2D eigenvalue weighted by molar-refractivity contribution is 8.00. The molecule has 0 aliphatic rings. The van der Waals surface area contributed by atoms with Gasteiger partial charge in [0.1, 0.15) is 0 Å². The quantitative estimate of drug-likeness (QED) is 0.664. The lowest BCUT2D eigenvalue weighted by Crippen LogP contribution is -2.26. The minimum atomic E-state index is -0.392. The second kappa shape index (κ2) is 7.03. The number of amides is 2. The van der Waals surface area contributed by atoms with Crippen LogP contribution < -0.4 is 16.8 Å². The van der Waals surface area contributed by atoms with Crippen molar-refractivity contribution in [3.05, 3.63) is 24.3 Å². The molecule has 0 aromatic heterocycles. The summed E-state index contributed by atoms with van der Waals surface area (Å²) in [6.45, 7) is 2.05. The lowest BCUT2D eigenvalue weighted by atomic mass is 10.1. The van der Waals surface area contributed by atoms with E-state index in [1.807, 2.05) is 18.2 Å². The van der Waals surface area contributed by atoms with Gasteiger partial charge < -0.3 is 16.8 Å². The first-order valence-corrected chi connectivity index (χ1v) is 6.54. The predicted octanol–water partition coefficient (Wildman–Crippen LogP) is 0.797. The monoisotopic (exact) mass is 267 g/mol. The molecule has 6 heteroatoms. The number of thioether (sulfide) groups is 1. The molecule has 1 atom stereocenters. The molecule has 5 N–H and O–H groups in total. The van der Waals surface area contributed by atoms with Crippen LogP contribution in [0.15, 0.2) is 29.2 Å². The zero-order valence-electron chi connectivity index (χ0n) is 10.2. The summed E-state index contributed by atoms with van der Waals surface area (Å²) < 4.78 is 0. The molecule has 0 aliphatic heterocycles. The fraction of sp³-hybridized carbons (Fsp3) is 0.333. The van der Waals surface area contributed by atoms with Crippen LogP contribution >= 0.6 is 11.8 Å². The van der Waals surface area contributed by atoms with Gasteiger partial charge >= 0.3 is 0 Å². The van der Waals surface area contributed by atoms with Gasteiger partial charge in [-0.05, 0) is 12.1 Å². The van der Waals surface area contributed by atoms with Gasteiger partial charge in [0.25, 0.3) is 0 Å². The number of hydrogen-bond donors (Lipinski definition) is 3. The van der Waals surface area contributed by atoms with E-state index in [1.165, 1.54) is 11.8 Å². The van der Waals surface area contributed by atoms with Crippen molar-refractivity contribution in [1.82, 2.24) is 0 Å². The minimum absolute atomic E-state index is 0.135. The maximum absolute atomic E-state index is 11.7. The number of primary amides is 1. The number of anilines is 1. The Balaban J connectivity index is 2.75. The number of para-hydroxylation sites is 1. The molecule has 0 heterocycles. The predicted molar refractivity (Wildman–Crippen MR) is 73.2 cm³/mol. The van der Waals surface area contributed by atoms with E-state index in [2.05, 4.69) is 5.32 Å². The van der Waals surface area contributed by atoms with E-state index < -0.39 is 5.91 Å². The van der Waals surface area contributed by atoms with E-state index in [-0.39, 0.29) is 17.6 Å². The summed E-state index contributed by atoms with van der Waals surface area (Å²) in [5, 5.41) is 2.79. The summed E-state index contributed by atoms with van der Waals surface area (Å²) >= 11 is 1.30. The fourth-order valence-corrected chi connectivity index (χ4v) is 1.95. The zero-order chi connectivity index (χ0) is 13.5. The maximum atomic E-state index is 11.7. The normalized spacial score (nSPS) is 11.9. The first kappa shape index (κ1) is 14.5. The summed E-state index contributed by atoms with van der Waals surface area (Å²) in [4.78, 5) is 23.3. The summed E-state index contributed by atoms with van der Waals surface area (Å²) in [5.41, 5.74) is 11.2. The Kier molecular flexibility index (Phi) is 5.67. The molecule has 0 spiro atoms. The lowest BCUT2D eigenvalue weighted by Gasteiger charge is -2.13. The van der Waals surface area contributed by atoms with Crippen LogP contribution in [0.2, 0.25) is 0 Å². The molecular formula is C12H17N3O2S. The number of benzene rings is 1. The molecule has 0 radical (unpaired) electrons. The van der Waals surface area contributed by atoms with E-state index in [4.69, 9.17) is 11.5 Å². The van der Waals surface area contributed by atoms with Crippen LogP contribution in [0.5, 0.6) is 0 Å². The van der Waals surface area contributed by atoms with Crippen LogP contribution in [0.1, 0.15) is 6.92 Å². The average molecular weight is 267 g/mol. The topological polar surface area (TPSA) is 98.2 Å². The molecule has 1 aromatic carbocycles. The molecule has 0 saturated carbocycles. The molecule has 0 bridgehead atoms. The van der Waals surface area contributed by atoms with Gasteiger partial charge in [-0.3, -0.25) is 9.59 Å². The van der Waals surface area contributed by atoms with Crippen molar-refractivity contribution in [2.24, 2.45) is 17.4 Å². The Morgan fingerprint density at radius 3 is 2.67 bits per heavy atom. The minimum Gasteiger partial charge on any atom is -0.369 e. The zero-order valence-corrected chi connectivity index (χ0v) is 11.0. The molecule has 2 amide bonds.